The molecular formula is C28H25N3O6. The number of fused-ring (bicyclic) bond motifs is 1. The first kappa shape index (κ1) is 24.3. The number of allylic oxidation sites excluding steroid dienone is 2. The lowest BCUT2D eigenvalue weighted by Crippen LogP contribution is -2.21. The summed E-state index contributed by atoms with van der Waals surface area (Å²) in [6.07, 6.45) is 2.70. The summed E-state index contributed by atoms with van der Waals surface area (Å²) in [4.78, 5) is 40.6. The van der Waals surface area contributed by atoms with Crippen molar-refractivity contribution in [3.8, 4) is 0 Å². The Morgan fingerprint density at radius 1 is 1.05 bits per heavy atom. The summed E-state index contributed by atoms with van der Waals surface area (Å²) in [6, 6.07) is 15.5. The molecule has 1 fully saturated rings. The number of aliphatic hydroxyl groups excluding tert-OH is 1. The lowest BCUT2D eigenvalue weighted by molar-refractivity contribution is -0.384. The second kappa shape index (κ2) is 10.3. The monoisotopic (exact) mass is 499 g/mol. The first-order valence-electron chi connectivity index (χ1n) is 12.2. The van der Waals surface area contributed by atoms with Crippen LogP contribution in [0.5, 0.6) is 0 Å². The number of carbonyl (C=O) groups is 2. The fraction of sp³-hybridized carbons (Fsp3) is 0.286. The summed E-state index contributed by atoms with van der Waals surface area (Å²) in [5.74, 6) is 0.255. The topological polar surface area (TPSA) is 136 Å². The molecule has 0 bridgehead atoms. The quantitative estimate of drug-likeness (QED) is 0.197. The number of ketones is 2. The van der Waals surface area contributed by atoms with Crippen molar-refractivity contribution in [2.24, 2.45) is 4.99 Å². The van der Waals surface area contributed by atoms with Crippen LogP contribution in [-0.2, 0) is 17.6 Å². The molecule has 2 aromatic carbocycles. The van der Waals surface area contributed by atoms with Crippen LogP contribution in [0.25, 0.3) is 0 Å². The Labute approximate surface area is 212 Å². The summed E-state index contributed by atoms with van der Waals surface area (Å²) in [6.45, 7) is 0. The third-order valence-corrected chi connectivity index (χ3v) is 6.84. The number of aliphatic imine (C=N–C) groups is 1. The van der Waals surface area contributed by atoms with Gasteiger partial charge in [-0.05, 0) is 36.5 Å². The minimum absolute atomic E-state index is 0.0346. The first-order valence-corrected chi connectivity index (χ1v) is 12.2. The molecule has 0 saturated heterocycles. The highest BCUT2D eigenvalue weighted by molar-refractivity contribution is 6.24. The maximum absolute atomic E-state index is 13.0. The van der Waals surface area contributed by atoms with Crippen LogP contribution >= 0.6 is 0 Å². The zero-order valence-electron chi connectivity index (χ0n) is 20.1. The molecule has 3 aromatic rings. The summed E-state index contributed by atoms with van der Waals surface area (Å²) < 4.78 is 5.53. The van der Waals surface area contributed by atoms with Crippen LogP contribution in [-0.4, -0.2) is 32.5 Å². The van der Waals surface area contributed by atoms with E-state index in [1.807, 2.05) is 30.3 Å². The maximum Gasteiger partial charge on any atom is 0.269 e. The van der Waals surface area contributed by atoms with Crippen LogP contribution in [0.1, 0.15) is 65.4 Å². The Morgan fingerprint density at radius 2 is 1.81 bits per heavy atom. The number of non-ortho nitro benzene ring substituents is 1. The second-order valence-electron chi connectivity index (χ2n) is 9.30. The number of benzene rings is 2. The molecule has 2 aliphatic carbocycles. The lowest BCUT2D eigenvalue weighted by Gasteiger charge is -2.20. The van der Waals surface area contributed by atoms with E-state index in [0.717, 1.165) is 5.56 Å². The van der Waals surface area contributed by atoms with Crippen molar-refractivity contribution in [3.63, 3.8) is 0 Å². The van der Waals surface area contributed by atoms with Gasteiger partial charge < -0.3 is 9.63 Å². The van der Waals surface area contributed by atoms with Gasteiger partial charge in [0.1, 0.15) is 11.5 Å². The largest absolute Gasteiger partial charge is 0.511 e. The van der Waals surface area contributed by atoms with Crippen LogP contribution in [0.4, 0.5) is 11.4 Å². The van der Waals surface area contributed by atoms with Crippen LogP contribution in [0.15, 0.2) is 75.4 Å². The highest BCUT2D eigenvalue weighted by atomic mass is 16.6. The van der Waals surface area contributed by atoms with Gasteiger partial charge in [-0.25, -0.2) is 0 Å². The molecule has 0 amide bonds. The van der Waals surface area contributed by atoms with Gasteiger partial charge in [0, 0.05) is 44.2 Å². The predicted octanol–water partition coefficient (Wildman–Crippen LogP) is 5.77. The standard InChI is InChI=1S/C28H25N3O6/c32-23-8-4-7-21(29-19-9-11-20(12-10-19)31(35)36)27(23)24(33)14-13-22-28-25(34)15-18(16-26(28)37-30-22)17-5-2-1-3-6-17/h1-3,5-6,9-12,18,33H,4,7-8,13-16H2/b27-24+,29-21?. The average Bonchev–Trinajstić information content (AvgIpc) is 3.32. The molecule has 0 radical (unpaired) electrons. The van der Waals surface area contributed by atoms with Crippen molar-refractivity contribution in [1.82, 2.24) is 5.16 Å². The zero-order valence-corrected chi connectivity index (χ0v) is 20.1. The second-order valence-corrected chi connectivity index (χ2v) is 9.30. The van der Waals surface area contributed by atoms with Gasteiger partial charge in [-0.2, -0.15) is 0 Å². The molecule has 188 valence electrons. The van der Waals surface area contributed by atoms with Crippen LogP contribution in [0.2, 0.25) is 0 Å². The van der Waals surface area contributed by atoms with Gasteiger partial charge in [0.15, 0.2) is 11.6 Å². The van der Waals surface area contributed by atoms with Gasteiger partial charge >= 0.3 is 0 Å². The molecular weight excluding hydrogens is 474 g/mol. The van der Waals surface area contributed by atoms with Gasteiger partial charge in [-0.15, -0.1) is 0 Å². The van der Waals surface area contributed by atoms with E-state index in [2.05, 4.69) is 10.1 Å². The highest BCUT2D eigenvalue weighted by Crippen LogP contribution is 2.35. The minimum atomic E-state index is -0.493. The predicted molar refractivity (Wildman–Crippen MR) is 135 cm³/mol. The summed E-state index contributed by atoms with van der Waals surface area (Å²) >= 11 is 0. The molecule has 2 aliphatic rings. The molecule has 1 N–H and O–H groups in total. The fourth-order valence-electron chi connectivity index (χ4n) is 5.00. The van der Waals surface area contributed by atoms with Crippen molar-refractivity contribution in [3.05, 3.63) is 98.6 Å². The number of nitrogens with zero attached hydrogens (tertiary/aromatic N) is 3. The molecule has 9 nitrogen and oxygen atoms in total. The maximum atomic E-state index is 13.0. The molecule has 1 heterocycles. The number of aliphatic hydroxyl groups is 1. The number of hydrogen-bond acceptors (Lipinski definition) is 8. The number of rotatable bonds is 6. The summed E-state index contributed by atoms with van der Waals surface area (Å²) in [5, 5.41) is 25.9. The SMILES string of the molecule is O=C1CCCC(=Nc2ccc([N+](=O)[O-])cc2)/C1=C(\O)CCc1noc2c1C(=O)CC(c1ccccc1)C2. The molecule has 0 spiro atoms. The van der Waals surface area contributed by atoms with Gasteiger partial charge in [0.25, 0.3) is 5.69 Å². The molecule has 1 saturated carbocycles. The number of aryl methyl sites for hydroxylation is 1. The third-order valence-electron chi connectivity index (χ3n) is 6.84. The Balaban J connectivity index is 1.35. The smallest absolute Gasteiger partial charge is 0.269 e. The molecule has 0 aliphatic heterocycles. The van der Waals surface area contributed by atoms with Crippen molar-refractivity contribution in [2.75, 3.05) is 0 Å². The third kappa shape index (κ3) is 5.11. The minimum Gasteiger partial charge on any atom is -0.511 e. The van der Waals surface area contributed by atoms with Gasteiger partial charge in [-0.3, -0.25) is 24.7 Å². The molecule has 37 heavy (non-hydrogen) atoms. The number of nitro groups is 1. The van der Waals surface area contributed by atoms with E-state index in [-0.39, 0.29) is 47.3 Å². The van der Waals surface area contributed by atoms with E-state index in [1.165, 1.54) is 24.3 Å². The Hall–Kier alpha value is -4.40. The van der Waals surface area contributed by atoms with Gasteiger partial charge in [0.2, 0.25) is 0 Å². The van der Waals surface area contributed by atoms with Gasteiger partial charge in [-0.1, -0.05) is 35.5 Å². The normalized spacial score (nSPS) is 20.1. The van der Waals surface area contributed by atoms with Gasteiger partial charge in [0.05, 0.1) is 33.2 Å². The lowest BCUT2D eigenvalue weighted by atomic mass is 9.81. The molecule has 9 heteroatoms. The summed E-state index contributed by atoms with van der Waals surface area (Å²) in [7, 11) is 0. The van der Waals surface area contributed by atoms with Crippen LogP contribution < -0.4 is 0 Å². The molecule has 1 unspecified atom stereocenters. The van der Waals surface area contributed by atoms with Crippen molar-refractivity contribution in [2.45, 2.75) is 50.9 Å². The number of hydrogen-bond donors (Lipinski definition) is 1. The summed E-state index contributed by atoms with van der Waals surface area (Å²) in [5.41, 5.74) is 3.09. The molecule has 1 atom stereocenters. The highest BCUT2D eigenvalue weighted by Gasteiger charge is 2.33. The molecule has 5 rings (SSSR count). The van der Waals surface area contributed by atoms with E-state index >= 15 is 0 Å². The first-order chi connectivity index (χ1) is 17.9. The fourth-order valence-corrected chi connectivity index (χ4v) is 5.00. The van der Waals surface area contributed by atoms with Crippen molar-refractivity contribution < 1.29 is 24.1 Å². The average molecular weight is 500 g/mol. The van der Waals surface area contributed by atoms with E-state index in [9.17, 15) is 24.8 Å². The number of nitro benzene ring substituents is 1. The number of Topliss-reactive ketones (excluding diaryl/α,β-unsaturated/α-hetero) is 2. The van der Waals surface area contributed by atoms with Crippen molar-refractivity contribution >= 4 is 28.7 Å². The van der Waals surface area contributed by atoms with E-state index in [0.29, 0.717) is 60.5 Å². The number of aromatic nitrogens is 1. The van der Waals surface area contributed by atoms with E-state index < -0.39 is 4.92 Å². The Kier molecular flexibility index (Phi) is 6.76. The Morgan fingerprint density at radius 3 is 2.54 bits per heavy atom. The van der Waals surface area contributed by atoms with E-state index in [1.54, 1.807) is 0 Å². The Bertz CT molecular complexity index is 1420. The van der Waals surface area contributed by atoms with Crippen LogP contribution in [0.3, 0.4) is 0 Å². The van der Waals surface area contributed by atoms with Crippen molar-refractivity contribution in [1.29, 1.82) is 0 Å². The van der Waals surface area contributed by atoms with Crippen LogP contribution in [0, 0.1) is 10.1 Å². The number of carbonyl (C=O) groups excluding carboxylic acids is 2. The van der Waals surface area contributed by atoms with E-state index in [4.69, 9.17) is 4.52 Å². The zero-order chi connectivity index (χ0) is 25.9. The molecule has 1 aromatic heterocycles.